The summed E-state index contributed by atoms with van der Waals surface area (Å²) in [7, 11) is -3.68. The number of aryl methyl sites for hydroxylation is 1. The summed E-state index contributed by atoms with van der Waals surface area (Å²) in [6.45, 7) is 2.08. The molecule has 6 nitrogen and oxygen atoms in total. The maximum atomic E-state index is 13.1. The average Bonchev–Trinajstić information content (AvgIpc) is 3.20. The Morgan fingerprint density at radius 2 is 2.15 bits per heavy atom. The molecule has 1 aliphatic rings. The van der Waals surface area contributed by atoms with Crippen molar-refractivity contribution in [3.05, 3.63) is 34.0 Å². The van der Waals surface area contributed by atoms with E-state index in [-0.39, 0.29) is 29.5 Å². The van der Waals surface area contributed by atoms with Crippen molar-refractivity contribution in [3.8, 4) is 0 Å². The van der Waals surface area contributed by atoms with Crippen LogP contribution in [0.25, 0.3) is 0 Å². The van der Waals surface area contributed by atoms with Gasteiger partial charge in [-0.1, -0.05) is 6.92 Å². The number of rotatable bonds is 6. The molecule has 0 aromatic carbocycles. The summed E-state index contributed by atoms with van der Waals surface area (Å²) in [6, 6.07) is 3.28. The second-order valence-corrected chi connectivity index (χ2v) is 8.93. The van der Waals surface area contributed by atoms with Crippen molar-refractivity contribution >= 4 is 21.4 Å². The van der Waals surface area contributed by atoms with Gasteiger partial charge in [0.15, 0.2) is 5.69 Å². The third-order valence-corrected chi connectivity index (χ3v) is 7.21. The topological polar surface area (TPSA) is 73.2 Å². The first-order valence-electron chi connectivity index (χ1n) is 8.04. The molecule has 11 heteroatoms. The van der Waals surface area contributed by atoms with Gasteiger partial charge in [-0.3, -0.25) is 4.68 Å². The van der Waals surface area contributed by atoms with Crippen LogP contribution in [0.3, 0.4) is 0 Å². The molecule has 2 aromatic rings. The van der Waals surface area contributed by atoms with Gasteiger partial charge in [0.1, 0.15) is 4.21 Å². The molecule has 0 bridgehead atoms. The van der Waals surface area contributed by atoms with Gasteiger partial charge >= 0.3 is 6.18 Å². The van der Waals surface area contributed by atoms with E-state index < -0.39 is 21.9 Å². The molecule has 0 fully saturated rings. The highest BCUT2D eigenvalue weighted by atomic mass is 32.2. The summed E-state index contributed by atoms with van der Waals surface area (Å²) in [4.78, 5) is 0.946. The molecule has 0 atom stereocenters. The first kappa shape index (κ1) is 19.3. The predicted octanol–water partition coefficient (Wildman–Crippen LogP) is 2.58. The van der Waals surface area contributed by atoms with Crippen molar-refractivity contribution in [2.75, 3.05) is 13.2 Å². The van der Waals surface area contributed by atoms with E-state index in [1.165, 1.54) is 22.1 Å². The lowest BCUT2D eigenvalue weighted by molar-refractivity contribution is -0.142. The van der Waals surface area contributed by atoms with Gasteiger partial charge in [-0.05, 0) is 18.6 Å². The summed E-state index contributed by atoms with van der Waals surface area (Å²) in [5.41, 5.74) is -0.467. The molecule has 3 rings (SSSR count). The molecule has 0 amide bonds. The first-order chi connectivity index (χ1) is 12.2. The predicted molar refractivity (Wildman–Crippen MR) is 89.5 cm³/mol. The van der Waals surface area contributed by atoms with E-state index >= 15 is 0 Å². The van der Waals surface area contributed by atoms with Crippen molar-refractivity contribution in [1.29, 1.82) is 0 Å². The van der Waals surface area contributed by atoms with Crippen LogP contribution in [-0.2, 0) is 46.9 Å². The van der Waals surface area contributed by atoms with Gasteiger partial charge in [0, 0.05) is 29.1 Å². The zero-order valence-electron chi connectivity index (χ0n) is 14.0. The quantitative estimate of drug-likeness (QED) is 0.796. The third kappa shape index (κ3) is 3.95. The number of hydrogen-bond donors (Lipinski definition) is 1. The number of sulfonamides is 1. The fourth-order valence-corrected chi connectivity index (χ4v) is 5.13. The number of ether oxygens (including phenoxy) is 1. The molecule has 3 heterocycles. The SMILES string of the molecule is CCc1ccc(S(=O)(=O)NCCn2nc(C(F)(F)F)c3c2CCOC3)s1. The lowest BCUT2D eigenvalue weighted by Gasteiger charge is -2.15. The van der Waals surface area contributed by atoms with Crippen molar-refractivity contribution in [2.24, 2.45) is 0 Å². The second-order valence-electron chi connectivity index (χ2n) is 5.77. The minimum Gasteiger partial charge on any atom is -0.376 e. The highest BCUT2D eigenvalue weighted by molar-refractivity contribution is 7.91. The Morgan fingerprint density at radius 3 is 2.81 bits per heavy atom. The normalized spacial score (nSPS) is 15.2. The van der Waals surface area contributed by atoms with Crippen LogP contribution in [0.15, 0.2) is 16.3 Å². The molecule has 0 saturated heterocycles. The van der Waals surface area contributed by atoms with Crippen LogP contribution in [0.5, 0.6) is 0 Å². The van der Waals surface area contributed by atoms with Crippen molar-refractivity contribution in [2.45, 2.75) is 43.3 Å². The van der Waals surface area contributed by atoms with E-state index in [9.17, 15) is 21.6 Å². The van der Waals surface area contributed by atoms with Crippen molar-refractivity contribution in [3.63, 3.8) is 0 Å². The van der Waals surface area contributed by atoms with Crippen LogP contribution in [0, 0.1) is 0 Å². The molecular formula is C15H18F3N3O3S2. The molecule has 1 aliphatic heterocycles. The summed E-state index contributed by atoms with van der Waals surface area (Å²) >= 11 is 1.18. The minimum absolute atomic E-state index is 0.0175. The maximum Gasteiger partial charge on any atom is 0.435 e. The number of fused-ring (bicyclic) bond motifs is 1. The molecule has 26 heavy (non-hydrogen) atoms. The Bertz CT molecular complexity index is 888. The van der Waals surface area contributed by atoms with Crippen LogP contribution >= 0.6 is 11.3 Å². The van der Waals surface area contributed by atoms with Crippen LogP contribution in [0.1, 0.15) is 28.8 Å². The van der Waals surface area contributed by atoms with Crippen molar-refractivity contribution in [1.82, 2.24) is 14.5 Å². The summed E-state index contributed by atoms with van der Waals surface area (Å²) < 4.78 is 72.9. The molecule has 2 aromatic heterocycles. The van der Waals surface area contributed by atoms with E-state index in [1.54, 1.807) is 6.07 Å². The molecule has 0 aliphatic carbocycles. The van der Waals surface area contributed by atoms with Gasteiger partial charge in [0.05, 0.1) is 19.8 Å². The van der Waals surface area contributed by atoms with Crippen molar-refractivity contribution < 1.29 is 26.3 Å². The molecule has 1 N–H and O–H groups in total. The lowest BCUT2D eigenvalue weighted by Crippen LogP contribution is -2.28. The van der Waals surface area contributed by atoms with Crippen LogP contribution in [0.4, 0.5) is 13.2 Å². The number of nitrogens with zero attached hydrogens (tertiary/aromatic N) is 2. The Balaban J connectivity index is 1.73. The molecule has 0 unspecified atom stereocenters. The maximum absolute atomic E-state index is 13.1. The highest BCUT2D eigenvalue weighted by Gasteiger charge is 2.39. The number of thiophene rings is 1. The summed E-state index contributed by atoms with van der Waals surface area (Å²) in [6.07, 6.45) is -3.51. The van der Waals surface area contributed by atoms with Crippen LogP contribution in [-0.4, -0.2) is 31.3 Å². The number of nitrogens with one attached hydrogen (secondary N) is 1. The average molecular weight is 409 g/mol. The molecule has 0 radical (unpaired) electrons. The lowest BCUT2D eigenvalue weighted by atomic mass is 10.1. The van der Waals surface area contributed by atoms with E-state index in [0.717, 1.165) is 11.3 Å². The molecule has 0 saturated carbocycles. The minimum atomic E-state index is -4.57. The molecular weight excluding hydrogens is 391 g/mol. The monoisotopic (exact) mass is 409 g/mol. The van der Waals surface area contributed by atoms with Crippen LogP contribution in [0.2, 0.25) is 0 Å². The number of aromatic nitrogens is 2. The Kier molecular flexibility index (Phi) is 5.42. The first-order valence-corrected chi connectivity index (χ1v) is 10.3. The Labute approximate surface area is 153 Å². The van der Waals surface area contributed by atoms with Gasteiger partial charge in [-0.25, -0.2) is 13.1 Å². The largest absolute Gasteiger partial charge is 0.435 e. The summed E-state index contributed by atoms with van der Waals surface area (Å²) in [5.74, 6) is 0. The van der Waals surface area contributed by atoms with Gasteiger partial charge < -0.3 is 4.74 Å². The molecule has 144 valence electrons. The highest BCUT2D eigenvalue weighted by Crippen LogP contribution is 2.34. The van der Waals surface area contributed by atoms with Crippen LogP contribution < -0.4 is 4.72 Å². The van der Waals surface area contributed by atoms with E-state index in [0.29, 0.717) is 18.7 Å². The fourth-order valence-electron chi connectivity index (χ4n) is 2.77. The number of halogens is 3. The third-order valence-electron chi connectivity index (χ3n) is 4.03. The Morgan fingerprint density at radius 1 is 1.38 bits per heavy atom. The standard InChI is InChI=1S/C15H18F3N3O3S2/c1-2-10-3-4-13(25-10)26(22,23)19-6-7-21-12-5-8-24-9-11(12)14(20-21)15(16,17)18/h3-4,19H,2,5-9H2,1H3. The zero-order chi connectivity index (χ0) is 18.9. The number of hydrogen-bond acceptors (Lipinski definition) is 5. The zero-order valence-corrected chi connectivity index (χ0v) is 15.6. The van der Waals surface area contributed by atoms with E-state index in [1.807, 2.05) is 6.92 Å². The van der Waals surface area contributed by atoms with E-state index in [2.05, 4.69) is 9.82 Å². The smallest absolute Gasteiger partial charge is 0.376 e. The summed E-state index contributed by atoms with van der Waals surface area (Å²) in [5, 5.41) is 3.65. The molecule has 0 spiro atoms. The Hall–Kier alpha value is -1.43. The van der Waals surface area contributed by atoms with E-state index in [4.69, 9.17) is 4.74 Å². The second kappa shape index (κ2) is 7.29. The van der Waals surface area contributed by atoms with Gasteiger partial charge in [-0.2, -0.15) is 18.3 Å². The fraction of sp³-hybridized carbons (Fsp3) is 0.533. The van der Waals surface area contributed by atoms with Gasteiger partial charge in [0.2, 0.25) is 10.0 Å². The van der Waals surface area contributed by atoms with Gasteiger partial charge in [0.25, 0.3) is 0 Å². The number of alkyl halides is 3. The van der Waals surface area contributed by atoms with Gasteiger partial charge in [-0.15, -0.1) is 11.3 Å².